The number of hydrogen-bond donors (Lipinski definition) is 1. The minimum atomic E-state index is -3.89. The number of nitrogens with zero attached hydrogens (tertiary/aromatic N) is 2. The number of halogens is 3. The highest BCUT2D eigenvalue weighted by atomic mass is 35.5. The molecule has 0 saturated carbocycles. The van der Waals surface area contributed by atoms with E-state index in [0.29, 0.717) is 26.2 Å². The molecule has 0 aliphatic heterocycles. The second-order valence-electron chi connectivity index (χ2n) is 8.79. The molecule has 0 bridgehead atoms. The van der Waals surface area contributed by atoms with Crippen molar-refractivity contribution in [1.29, 1.82) is 0 Å². The molecule has 0 aliphatic carbocycles. The zero-order valence-corrected chi connectivity index (χ0v) is 24.2. The molecule has 7 nitrogen and oxygen atoms in total. The van der Waals surface area contributed by atoms with Crippen LogP contribution in [0.25, 0.3) is 0 Å². The zero-order chi connectivity index (χ0) is 28.0. The number of amides is 2. The van der Waals surface area contributed by atoms with Gasteiger partial charge in [0.2, 0.25) is 21.8 Å². The fourth-order valence-electron chi connectivity index (χ4n) is 4.00. The molecule has 0 unspecified atom stereocenters. The number of benzene rings is 3. The van der Waals surface area contributed by atoms with Crippen LogP contribution in [0.5, 0.6) is 0 Å². The third-order valence-corrected chi connectivity index (χ3v) is 8.07. The van der Waals surface area contributed by atoms with Gasteiger partial charge in [-0.2, -0.15) is 0 Å². The van der Waals surface area contributed by atoms with Gasteiger partial charge < -0.3 is 10.2 Å². The van der Waals surface area contributed by atoms with Crippen molar-refractivity contribution < 1.29 is 18.0 Å². The number of sulfonamides is 1. The summed E-state index contributed by atoms with van der Waals surface area (Å²) in [5.74, 6) is -0.975. The smallest absolute Gasteiger partial charge is 0.244 e. The summed E-state index contributed by atoms with van der Waals surface area (Å²) in [5, 5.41) is 3.60. The maximum Gasteiger partial charge on any atom is 0.244 e. The van der Waals surface area contributed by atoms with E-state index < -0.39 is 34.4 Å². The van der Waals surface area contributed by atoms with E-state index in [1.807, 2.05) is 30.3 Å². The summed E-state index contributed by atoms with van der Waals surface area (Å²) in [4.78, 5) is 28.4. The molecular weight excluding hydrogens is 569 g/mol. The van der Waals surface area contributed by atoms with Crippen molar-refractivity contribution in [3.8, 4) is 0 Å². The molecule has 0 fully saturated rings. The summed E-state index contributed by atoms with van der Waals surface area (Å²) in [6.07, 6.45) is 1.23. The van der Waals surface area contributed by atoms with Crippen LogP contribution in [0.1, 0.15) is 16.7 Å². The summed E-state index contributed by atoms with van der Waals surface area (Å²) in [6.45, 7) is 1.18. The standard InChI is InChI=1S/C27H28Cl3N3O4S/c1-18-9-11-21(28)15-24(18)33(38(3,36)37)17-26(34)32(16-20-10-12-22(29)23(30)13-20)25(27(35)31-2)14-19-7-5-4-6-8-19/h4-13,15,25H,14,16-17H2,1-3H3,(H,31,35)/t25-/m0/s1. The number of anilines is 1. The molecule has 2 amide bonds. The van der Waals surface area contributed by atoms with Crippen LogP contribution < -0.4 is 9.62 Å². The van der Waals surface area contributed by atoms with Crippen molar-refractivity contribution in [3.63, 3.8) is 0 Å². The van der Waals surface area contributed by atoms with Gasteiger partial charge in [-0.1, -0.05) is 77.3 Å². The third-order valence-electron chi connectivity index (χ3n) is 5.97. The van der Waals surface area contributed by atoms with Gasteiger partial charge in [0.25, 0.3) is 0 Å². The lowest BCUT2D eigenvalue weighted by molar-refractivity contribution is -0.139. The second-order valence-corrected chi connectivity index (χ2v) is 11.9. The maximum atomic E-state index is 13.9. The molecule has 0 heterocycles. The second kappa shape index (κ2) is 12.8. The number of carbonyl (C=O) groups excluding carboxylic acids is 2. The van der Waals surface area contributed by atoms with E-state index in [9.17, 15) is 18.0 Å². The largest absolute Gasteiger partial charge is 0.357 e. The van der Waals surface area contributed by atoms with Crippen LogP contribution in [0.15, 0.2) is 66.7 Å². The highest BCUT2D eigenvalue weighted by Gasteiger charge is 2.33. The van der Waals surface area contributed by atoms with Gasteiger partial charge >= 0.3 is 0 Å². The minimum absolute atomic E-state index is 0.00717. The Morgan fingerprint density at radius 3 is 2.21 bits per heavy atom. The summed E-state index contributed by atoms with van der Waals surface area (Å²) in [5.41, 5.74) is 2.36. The van der Waals surface area contributed by atoms with Gasteiger partial charge in [-0.25, -0.2) is 8.42 Å². The third kappa shape index (κ3) is 7.63. The average Bonchev–Trinajstić information content (AvgIpc) is 2.87. The van der Waals surface area contributed by atoms with E-state index >= 15 is 0 Å². The lowest BCUT2D eigenvalue weighted by atomic mass is 10.0. The maximum absolute atomic E-state index is 13.9. The molecule has 11 heteroatoms. The van der Waals surface area contributed by atoms with Crippen LogP contribution >= 0.6 is 34.8 Å². The summed E-state index contributed by atoms with van der Waals surface area (Å²) >= 11 is 18.4. The normalized spacial score (nSPS) is 12.1. The molecule has 0 aromatic heterocycles. The van der Waals surface area contributed by atoms with Crippen molar-refractivity contribution >= 4 is 62.3 Å². The predicted molar refractivity (Wildman–Crippen MR) is 153 cm³/mol. The molecule has 0 spiro atoms. The minimum Gasteiger partial charge on any atom is -0.357 e. The molecule has 3 rings (SSSR count). The Kier molecular flexibility index (Phi) is 10.1. The van der Waals surface area contributed by atoms with Crippen molar-refractivity contribution in [1.82, 2.24) is 10.2 Å². The average molecular weight is 597 g/mol. The van der Waals surface area contributed by atoms with E-state index in [1.54, 1.807) is 37.3 Å². The first kappa shape index (κ1) is 29.8. The monoisotopic (exact) mass is 595 g/mol. The van der Waals surface area contributed by atoms with Crippen LogP contribution in [0, 0.1) is 6.92 Å². The van der Waals surface area contributed by atoms with E-state index in [1.165, 1.54) is 18.0 Å². The highest BCUT2D eigenvalue weighted by molar-refractivity contribution is 7.92. The lowest BCUT2D eigenvalue weighted by Gasteiger charge is -2.33. The van der Waals surface area contributed by atoms with E-state index in [-0.39, 0.29) is 18.7 Å². The first-order valence-corrected chi connectivity index (χ1v) is 14.6. The number of likely N-dealkylation sites (N-methyl/N-ethyl adjacent to an activating group) is 1. The first-order chi connectivity index (χ1) is 17.9. The van der Waals surface area contributed by atoms with Crippen molar-refractivity contribution in [2.24, 2.45) is 0 Å². The van der Waals surface area contributed by atoms with Crippen LogP contribution in [0.3, 0.4) is 0 Å². The van der Waals surface area contributed by atoms with Gasteiger partial charge in [0.15, 0.2) is 0 Å². The summed E-state index contributed by atoms with van der Waals surface area (Å²) in [6, 6.07) is 18.0. The molecule has 1 N–H and O–H groups in total. The van der Waals surface area contributed by atoms with E-state index in [0.717, 1.165) is 16.1 Å². The molecule has 3 aromatic carbocycles. The van der Waals surface area contributed by atoms with E-state index in [2.05, 4.69) is 5.32 Å². The Hall–Kier alpha value is -2.78. The topological polar surface area (TPSA) is 86.8 Å². The molecule has 0 radical (unpaired) electrons. The van der Waals surface area contributed by atoms with Crippen molar-refractivity contribution in [2.45, 2.75) is 25.9 Å². The Balaban J connectivity index is 2.07. The molecular formula is C27H28Cl3N3O4S. The van der Waals surface area contributed by atoms with Crippen LogP contribution in [0.4, 0.5) is 5.69 Å². The van der Waals surface area contributed by atoms with Crippen LogP contribution in [0.2, 0.25) is 15.1 Å². The van der Waals surface area contributed by atoms with Crippen LogP contribution in [-0.4, -0.2) is 51.0 Å². The van der Waals surface area contributed by atoms with Crippen molar-refractivity contribution in [3.05, 3.63) is 98.5 Å². The molecule has 0 saturated heterocycles. The fourth-order valence-corrected chi connectivity index (χ4v) is 5.39. The van der Waals surface area contributed by atoms with Crippen molar-refractivity contribution in [2.75, 3.05) is 24.2 Å². The molecule has 38 heavy (non-hydrogen) atoms. The zero-order valence-electron chi connectivity index (χ0n) is 21.1. The Morgan fingerprint density at radius 2 is 1.61 bits per heavy atom. The number of hydrogen-bond acceptors (Lipinski definition) is 4. The van der Waals surface area contributed by atoms with Gasteiger partial charge in [0, 0.05) is 25.0 Å². The first-order valence-electron chi connectivity index (χ1n) is 11.6. The summed E-state index contributed by atoms with van der Waals surface area (Å²) < 4.78 is 26.7. The Bertz CT molecular complexity index is 1420. The SMILES string of the molecule is CNC(=O)[C@H](Cc1ccccc1)N(Cc1ccc(Cl)c(Cl)c1)C(=O)CN(c1cc(Cl)ccc1C)S(C)(=O)=O. The highest BCUT2D eigenvalue weighted by Crippen LogP contribution is 2.28. The van der Waals surface area contributed by atoms with Gasteiger partial charge in [-0.15, -0.1) is 0 Å². The number of nitrogens with one attached hydrogen (secondary N) is 1. The molecule has 3 aromatic rings. The van der Waals surface area contributed by atoms with Gasteiger partial charge in [0.05, 0.1) is 22.0 Å². The molecule has 0 aliphatic rings. The lowest BCUT2D eigenvalue weighted by Crippen LogP contribution is -2.53. The van der Waals surface area contributed by atoms with E-state index in [4.69, 9.17) is 34.8 Å². The Morgan fingerprint density at radius 1 is 0.921 bits per heavy atom. The fraction of sp³-hybridized carbons (Fsp3) is 0.259. The predicted octanol–water partition coefficient (Wildman–Crippen LogP) is 5.11. The van der Waals surface area contributed by atoms with Gasteiger partial charge in [-0.3, -0.25) is 13.9 Å². The molecule has 202 valence electrons. The number of aryl methyl sites for hydroxylation is 1. The Labute approximate surface area is 238 Å². The van der Waals surface area contributed by atoms with Gasteiger partial charge in [0.1, 0.15) is 12.6 Å². The number of rotatable bonds is 10. The van der Waals surface area contributed by atoms with Crippen LogP contribution in [-0.2, 0) is 32.6 Å². The molecule has 1 atom stereocenters. The van der Waals surface area contributed by atoms with Gasteiger partial charge in [-0.05, 0) is 47.9 Å². The summed E-state index contributed by atoms with van der Waals surface area (Å²) in [7, 11) is -2.41. The number of carbonyl (C=O) groups is 2. The quantitative estimate of drug-likeness (QED) is 0.353.